The maximum absolute atomic E-state index is 13.5. The van der Waals surface area contributed by atoms with E-state index in [-0.39, 0.29) is 31.1 Å². The van der Waals surface area contributed by atoms with Crippen molar-refractivity contribution >= 4 is 15.9 Å². The molecule has 0 bridgehead atoms. The quantitative estimate of drug-likeness (QED) is 0.845. The molecule has 0 unspecified atom stereocenters. The maximum atomic E-state index is 13.5. The number of nitrogens with zero attached hydrogens (tertiary/aromatic N) is 1. The summed E-state index contributed by atoms with van der Waals surface area (Å²) in [6, 6.07) is 2.92. The van der Waals surface area contributed by atoms with Crippen LogP contribution in [0.1, 0.15) is 11.1 Å². The lowest BCUT2D eigenvalue weighted by Crippen LogP contribution is -2.07. The first-order chi connectivity index (χ1) is 8.15. The number of aliphatic hydroxyl groups is 1. The Kier molecular flexibility index (Phi) is 5.35. The number of hydrogen-bond acceptors (Lipinski definition) is 4. The van der Waals surface area contributed by atoms with Crippen molar-refractivity contribution < 1.29 is 19.0 Å². The number of methoxy groups -OCH3 is 1. The van der Waals surface area contributed by atoms with Gasteiger partial charge in [-0.1, -0.05) is 15.9 Å². The van der Waals surface area contributed by atoms with Crippen molar-refractivity contribution in [1.29, 1.82) is 5.26 Å². The van der Waals surface area contributed by atoms with Crippen molar-refractivity contribution in [3.63, 3.8) is 0 Å². The Labute approximate surface area is 107 Å². The van der Waals surface area contributed by atoms with Crippen LogP contribution in [0.3, 0.4) is 0 Å². The summed E-state index contributed by atoms with van der Waals surface area (Å²) in [5.74, 6) is -0.567. The Hall–Kier alpha value is -1.16. The molecule has 1 aromatic rings. The highest BCUT2D eigenvalue weighted by molar-refractivity contribution is 9.10. The molecule has 0 saturated carbocycles. The van der Waals surface area contributed by atoms with E-state index in [4.69, 9.17) is 19.8 Å². The monoisotopic (exact) mass is 303 g/mol. The van der Waals surface area contributed by atoms with Crippen LogP contribution in [-0.2, 0) is 11.2 Å². The van der Waals surface area contributed by atoms with E-state index >= 15 is 0 Å². The third-order valence-corrected chi connectivity index (χ3v) is 2.78. The van der Waals surface area contributed by atoms with E-state index in [1.54, 1.807) is 6.07 Å². The van der Waals surface area contributed by atoms with E-state index in [1.807, 2.05) is 0 Å². The fourth-order valence-corrected chi connectivity index (χ4v) is 1.94. The van der Waals surface area contributed by atoms with Crippen LogP contribution < -0.4 is 4.74 Å². The number of aliphatic hydroxyl groups excluding tert-OH is 1. The summed E-state index contributed by atoms with van der Waals surface area (Å²) in [7, 11) is 1.42. The molecule has 0 spiro atoms. The third-order valence-electron chi connectivity index (χ3n) is 2.08. The van der Waals surface area contributed by atoms with Crippen LogP contribution in [0.25, 0.3) is 0 Å². The zero-order valence-electron chi connectivity index (χ0n) is 9.17. The van der Waals surface area contributed by atoms with Gasteiger partial charge in [0.15, 0.2) is 6.79 Å². The predicted octanol–water partition coefficient (Wildman–Crippen LogP) is 1.98. The first-order valence-corrected chi connectivity index (χ1v) is 5.58. The van der Waals surface area contributed by atoms with Crippen LogP contribution in [0, 0.1) is 17.1 Å². The maximum Gasteiger partial charge on any atom is 0.188 e. The van der Waals surface area contributed by atoms with Gasteiger partial charge in [0.05, 0.1) is 0 Å². The van der Waals surface area contributed by atoms with Gasteiger partial charge in [0.2, 0.25) is 0 Å². The second kappa shape index (κ2) is 6.55. The molecule has 0 amide bonds. The van der Waals surface area contributed by atoms with Crippen LogP contribution >= 0.6 is 15.9 Å². The Morgan fingerprint density at radius 1 is 1.59 bits per heavy atom. The first-order valence-electron chi connectivity index (χ1n) is 4.79. The highest BCUT2D eigenvalue weighted by Crippen LogP contribution is 2.33. The lowest BCUT2D eigenvalue weighted by atomic mass is 10.1. The van der Waals surface area contributed by atoms with Crippen LogP contribution in [-0.4, -0.2) is 25.6 Å². The summed E-state index contributed by atoms with van der Waals surface area (Å²) in [5, 5.41) is 17.8. The SMILES string of the molecule is COCOc1c(C#N)c(F)cc(Br)c1CCO. The molecule has 6 heteroatoms. The molecule has 0 aliphatic heterocycles. The van der Waals surface area contributed by atoms with Crippen LogP contribution in [0.2, 0.25) is 0 Å². The highest BCUT2D eigenvalue weighted by Gasteiger charge is 2.18. The van der Waals surface area contributed by atoms with Crippen LogP contribution in [0.5, 0.6) is 5.75 Å². The van der Waals surface area contributed by atoms with Gasteiger partial charge in [0, 0.05) is 30.2 Å². The smallest absolute Gasteiger partial charge is 0.188 e. The molecule has 0 radical (unpaired) electrons. The zero-order valence-corrected chi connectivity index (χ0v) is 10.8. The van der Waals surface area contributed by atoms with E-state index in [0.717, 1.165) is 0 Å². The molecule has 0 aromatic heterocycles. The summed E-state index contributed by atoms with van der Waals surface area (Å²) in [6.07, 6.45) is 0.259. The van der Waals surface area contributed by atoms with Gasteiger partial charge in [-0.3, -0.25) is 0 Å². The highest BCUT2D eigenvalue weighted by atomic mass is 79.9. The molecule has 92 valence electrons. The minimum absolute atomic E-state index is 0.0942. The topological polar surface area (TPSA) is 62.5 Å². The third kappa shape index (κ3) is 3.16. The molecule has 0 aliphatic rings. The van der Waals surface area contributed by atoms with Crippen molar-refractivity contribution in [2.75, 3.05) is 20.5 Å². The number of rotatable bonds is 5. The fraction of sp³-hybridized carbons (Fsp3) is 0.364. The molecule has 0 aliphatic carbocycles. The molecular weight excluding hydrogens is 293 g/mol. The van der Waals surface area contributed by atoms with Crippen molar-refractivity contribution in [3.8, 4) is 11.8 Å². The molecule has 0 atom stereocenters. The van der Waals surface area contributed by atoms with Gasteiger partial charge in [-0.05, 0) is 6.07 Å². The van der Waals surface area contributed by atoms with Gasteiger partial charge in [-0.15, -0.1) is 0 Å². The Morgan fingerprint density at radius 2 is 2.29 bits per heavy atom. The normalized spacial score (nSPS) is 10.1. The van der Waals surface area contributed by atoms with Crippen molar-refractivity contribution in [2.45, 2.75) is 6.42 Å². The largest absolute Gasteiger partial charge is 0.466 e. The second-order valence-corrected chi connectivity index (χ2v) is 4.01. The summed E-state index contributed by atoms with van der Waals surface area (Å²) in [6.45, 7) is -0.221. The standard InChI is InChI=1S/C11H11BrFNO3/c1-16-6-17-11-7(2-3-15)9(12)4-10(13)8(11)5-14/h4,15H,2-3,6H2,1H3. The van der Waals surface area contributed by atoms with E-state index in [0.29, 0.717) is 10.0 Å². The average Bonchev–Trinajstić information content (AvgIpc) is 2.30. The molecule has 0 fully saturated rings. The molecule has 17 heavy (non-hydrogen) atoms. The Balaban J connectivity index is 3.30. The molecule has 0 saturated heterocycles. The van der Waals surface area contributed by atoms with Gasteiger partial charge in [-0.2, -0.15) is 5.26 Å². The average molecular weight is 304 g/mol. The van der Waals surface area contributed by atoms with E-state index in [1.165, 1.54) is 13.2 Å². The van der Waals surface area contributed by atoms with Gasteiger partial charge >= 0.3 is 0 Å². The minimum Gasteiger partial charge on any atom is -0.466 e. The molecule has 1 N–H and O–H groups in total. The lowest BCUT2D eigenvalue weighted by Gasteiger charge is -2.14. The Morgan fingerprint density at radius 3 is 2.82 bits per heavy atom. The summed E-state index contributed by atoms with van der Waals surface area (Å²) >= 11 is 3.17. The van der Waals surface area contributed by atoms with E-state index in [2.05, 4.69) is 15.9 Å². The van der Waals surface area contributed by atoms with Gasteiger partial charge in [-0.25, -0.2) is 4.39 Å². The number of hydrogen-bond donors (Lipinski definition) is 1. The lowest BCUT2D eigenvalue weighted by molar-refractivity contribution is 0.0497. The molecule has 0 heterocycles. The number of nitriles is 1. The van der Waals surface area contributed by atoms with Gasteiger partial charge < -0.3 is 14.6 Å². The van der Waals surface area contributed by atoms with E-state index < -0.39 is 5.82 Å². The first kappa shape index (κ1) is 13.9. The number of ether oxygens (including phenoxy) is 2. The zero-order chi connectivity index (χ0) is 12.8. The molecule has 1 aromatic carbocycles. The van der Waals surface area contributed by atoms with Crippen molar-refractivity contribution in [3.05, 3.63) is 27.5 Å². The summed E-state index contributed by atoms with van der Waals surface area (Å²) in [5.41, 5.74) is 0.358. The van der Waals surface area contributed by atoms with Gasteiger partial charge in [0.1, 0.15) is 23.2 Å². The fourth-order valence-electron chi connectivity index (χ4n) is 1.36. The van der Waals surface area contributed by atoms with Crippen LogP contribution in [0.15, 0.2) is 10.5 Å². The van der Waals surface area contributed by atoms with Crippen molar-refractivity contribution in [1.82, 2.24) is 0 Å². The minimum atomic E-state index is -0.674. The second-order valence-electron chi connectivity index (χ2n) is 3.16. The summed E-state index contributed by atoms with van der Waals surface area (Å²) in [4.78, 5) is 0. The van der Waals surface area contributed by atoms with Crippen molar-refractivity contribution in [2.24, 2.45) is 0 Å². The van der Waals surface area contributed by atoms with Crippen LogP contribution in [0.4, 0.5) is 4.39 Å². The Bertz CT molecular complexity index is 445. The predicted molar refractivity (Wildman–Crippen MR) is 62.1 cm³/mol. The molecule has 4 nitrogen and oxygen atoms in total. The molecular formula is C11H11BrFNO3. The van der Waals surface area contributed by atoms with Gasteiger partial charge in [0.25, 0.3) is 0 Å². The molecule has 1 rings (SSSR count). The number of halogens is 2. The van der Waals surface area contributed by atoms with E-state index in [9.17, 15) is 4.39 Å². The number of benzene rings is 1. The summed E-state index contributed by atoms with van der Waals surface area (Å²) < 4.78 is 23.9.